The fourth-order valence-corrected chi connectivity index (χ4v) is 0.794. The summed E-state index contributed by atoms with van der Waals surface area (Å²) >= 11 is 0. The van der Waals surface area contributed by atoms with Gasteiger partial charge in [0.15, 0.2) is 0 Å². The van der Waals surface area contributed by atoms with Crippen LogP contribution in [0.3, 0.4) is 0 Å². The molecule has 0 aliphatic heterocycles. The van der Waals surface area contributed by atoms with Crippen LogP contribution < -0.4 is 0 Å². The number of benzene rings is 1. The van der Waals surface area contributed by atoms with Crippen molar-refractivity contribution in [1.29, 1.82) is 0 Å². The molecule has 0 spiro atoms. The third-order valence-electron chi connectivity index (χ3n) is 1.32. The topological polar surface area (TPSA) is 9.23 Å². The molecule has 1 aromatic rings. The Bertz CT molecular complexity index is 170. The maximum absolute atomic E-state index is 5.22. The summed E-state index contributed by atoms with van der Waals surface area (Å²) in [6.07, 6.45) is 0. The zero-order valence-corrected chi connectivity index (χ0v) is 8.21. The predicted molar refractivity (Wildman–Crippen MR) is 53.1 cm³/mol. The number of hydrogen-bond acceptors (Lipinski definition) is 1. The molecule has 0 radical (unpaired) electrons. The van der Waals surface area contributed by atoms with E-state index in [4.69, 9.17) is 4.74 Å². The van der Waals surface area contributed by atoms with Crippen LogP contribution in [0, 0.1) is 0 Å². The molecule has 0 aromatic heterocycles. The largest absolute Gasteiger partial charge is 0.377 e. The lowest BCUT2D eigenvalue weighted by molar-refractivity contribution is 0.134. The van der Waals surface area contributed by atoms with Gasteiger partial charge in [0.1, 0.15) is 0 Å². The van der Waals surface area contributed by atoms with Gasteiger partial charge < -0.3 is 4.74 Å². The minimum atomic E-state index is 0.733. The summed E-state index contributed by atoms with van der Waals surface area (Å²) in [5.74, 6) is 0. The monoisotopic (exact) mass is 166 g/mol. The van der Waals surface area contributed by atoms with Crippen LogP contribution in [0.1, 0.15) is 26.3 Å². The molecule has 0 unspecified atom stereocenters. The summed E-state index contributed by atoms with van der Waals surface area (Å²) in [7, 11) is 0. The van der Waals surface area contributed by atoms with Gasteiger partial charge in [0, 0.05) is 6.61 Å². The second-order valence-corrected chi connectivity index (χ2v) is 2.12. The number of hydrogen-bond donors (Lipinski definition) is 0. The molecule has 0 saturated carbocycles. The fourth-order valence-electron chi connectivity index (χ4n) is 0.794. The predicted octanol–water partition coefficient (Wildman–Crippen LogP) is 3.25. The lowest BCUT2D eigenvalue weighted by Crippen LogP contribution is -1.90. The van der Waals surface area contributed by atoms with Crippen LogP contribution in [0.15, 0.2) is 30.3 Å². The van der Waals surface area contributed by atoms with Crippen molar-refractivity contribution in [2.75, 3.05) is 6.61 Å². The van der Waals surface area contributed by atoms with Crippen molar-refractivity contribution >= 4 is 0 Å². The van der Waals surface area contributed by atoms with Crippen LogP contribution in [0.4, 0.5) is 0 Å². The Morgan fingerprint density at radius 1 is 1.08 bits per heavy atom. The molecule has 0 N–H and O–H groups in total. The van der Waals surface area contributed by atoms with Gasteiger partial charge in [0.05, 0.1) is 6.61 Å². The number of rotatable bonds is 3. The minimum Gasteiger partial charge on any atom is -0.377 e. The van der Waals surface area contributed by atoms with E-state index in [9.17, 15) is 0 Å². The summed E-state index contributed by atoms with van der Waals surface area (Å²) in [4.78, 5) is 0. The Hall–Kier alpha value is -0.820. The lowest BCUT2D eigenvalue weighted by atomic mass is 10.2. The van der Waals surface area contributed by atoms with Gasteiger partial charge in [-0.1, -0.05) is 44.2 Å². The summed E-state index contributed by atoms with van der Waals surface area (Å²) < 4.78 is 5.22. The Labute approximate surface area is 75.4 Å². The molecule has 1 aromatic carbocycles. The van der Waals surface area contributed by atoms with Crippen LogP contribution in [0.2, 0.25) is 0 Å². The van der Waals surface area contributed by atoms with Crippen LogP contribution in [0.5, 0.6) is 0 Å². The minimum absolute atomic E-state index is 0.733. The second kappa shape index (κ2) is 8.28. The maximum atomic E-state index is 5.22. The molecule has 0 atom stereocenters. The van der Waals surface area contributed by atoms with Crippen molar-refractivity contribution in [1.82, 2.24) is 0 Å². The van der Waals surface area contributed by atoms with Crippen molar-refractivity contribution < 1.29 is 4.74 Å². The molecule has 1 heteroatoms. The van der Waals surface area contributed by atoms with E-state index in [0.717, 1.165) is 13.2 Å². The Kier molecular flexibility index (Phi) is 7.71. The second-order valence-electron chi connectivity index (χ2n) is 2.12. The highest BCUT2D eigenvalue weighted by Crippen LogP contribution is 1.99. The van der Waals surface area contributed by atoms with Gasteiger partial charge in [-0.15, -0.1) is 0 Å². The van der Waals surface area contributed by atoms with Gasteiger partial charge >= 0.3 is 0 Å². The summed E-state index contributed by atoms with van der Waals surface area (Å²) in [6, 6.07) is 10.2. The molecule has 0 saturated heterocycles. The van der Waals surface area contributed by atoms with Crippen LogP contribution in [-0.2, 0) is 11.3 Å². The molecule has 12 heavy (non-hydrogen) atoms. The normalized spacial score (nSPS) is 8.58. The third-order valence-corrected chi connectivity index (χ3v) is 1.32. The summed E-state index contributed by atoms with van der Waals surface area (Å²) in [6.45, 7) is 7.52. The zero-order chi connectivity index (χ0) is 9.23. The first-order valence-electron chi connectivity index (χ1n) is 4.55. The molecule has 0 aliphatic carbocycles. The van der Waals surface area contributed by atoms with Gasteiger partial charge in [0.25, 0.3) is 0 Å². The first-order chi connectivity index (χ1) is 5.93. The maximum Gasteiger partial charge on any atom is 0.0716 e. The SMILES string of the molecule is CC.CCOCc1ccccc1. The fraction of sp³-hybridized carbons (Fsp3) is 0.455. The molecule has 0 heterocycles. The highest BCUT2D eigenvalue weighted by Gasteiger charge is 1.86. The third kappa shape index (κ3) is 4.91. The van der Waals surface area contributed by atoms with E-state index < -0.39 is 0 Å². The van der Waals surface area contributed by atoms with E-state index in [2.05, 4.69) is 12.1 Å². The quantitative estimate of drug-likeness (QED) is 0.669. The first kappa shape index (κ1) is 11.2. The van der Waals surface area contributed by atoms with E-state index >= 15 is 0 Å². The summed E-state index contributed by atoms with van der Waals surface area (Å²) in [5, 5.41) is 0. The number of ether oxygens (including phenoxy) is 1. The van der Waals surface area contributed by atoms with Crippen molar-refractivity contribution in [2.45, 2.75) is 27.4 Å². The highest BCUT2D eigenvalue weighted by atomic mass is 16.5. The molecule has 0 fully saturated rings. The molecule has 0 aliphatic rings. The zero-order valence-electron chi connectivity index (χ0n) is 8.21. The van der Waals surface area contributed by atoms with E-state index in [1.807, 2.05) is 39.0 Å². The van der Waals surface area contributed by atoms with Gasteiger partial charge in [-0.05, 0) is 12.5 Å². The van der Waals surface area contributed by atoms with Gasteiger partial charge in [-0.25, -0.2) is 0 Å². The average Bonchev–Trinajstić information content (AvgIpc) is 2.19. The smallest absolute Gasteiger partial charge is 0.0716 e. The van der Waals surface area contributed by atoms with Crippen LogP contribution in [0.25, 0.3) is 0 Å². The van der Waals surface area contributed by atoms with Gasteiger partial charge in [-0.2, -0.15) is 0 Å². The Morgan fingerprint density at radius 2 is 1.67 bits per heavy atom. The van der Waals surface area contributed by atoms with E-state index in [1.54, 1.807) is 0 Å². The van der Waals surface area contributed by atoms with Crippen LogP contribution >= 0.6 is 0 Å². The Balaban J connectivity index is 0.000000561. The summed E-state index contributed by atoms with van der Waals surface area (Å²) in [5.41, 5.74) is 1.24. The Morgan fingerprint density at radius 3 is 2.17 bits per heavy atom. The van der Waals surface area contributed by atoms with Crippen molar-refractivity contribution in [3.63, 3.8) is 0 Å². The van der Waals surface area contributed by atoms with E-state index in [1.165, 1.54) is 5.56 Å². The van der Waals surface area contributed by atoms with E-state index in [0.29, 0.717) is 0 Å². The van der Waals surface area contributed by atoms with Crippen molar-refractivity contribution in [3.8, 4) is 0 Å². The molecule has 1 nitrogen and oxygen atoms in total. The molecular weight excluding hydrogens is 148 g/mol. The standard InChI is InChI=1S/C9H12O.C2H6/c1-2-10-8-9-6-4-3-5-7-9;1-2/h3-7H,2,8H2,1H3;1-2H3. The molecule has 0 bridgehead atoms. The first-order valence-corrected chi connectivity index (χ1v) is 4.55. The molecule has 0 amide bonds. The van der Waals surface area contributed by atoms with Crippen molar-refractivity contribution in [2.24, 2.45) is 0 Å². The van der Waals surface area contributed by atoms with Gasteiger partial charge in [-0.3, -0.25) is 0 Å². The van der Waals surface area contributed by atoms with Crippen molar-refractivity contribution in [3.05, 3.63) is 35.9 Å². The average molecular weight is 166 g/mol. The van der Waals surface area contributed by atoms with E-state index in [-0.39, 0.29) is 0 Å². The van der Waals surface area contributed by atoms with Gasteiger partial charge in [0.2, 0.25) is 0 Å². The molecule has 1 rings (SSSR count). The molecular formula is C11H18O. The highest BCUT2D eigenvalue weighted by molar-refractivity contribution is 5.13. The lowest BCUT2D eigenvalue weighted by Gasteiger charge is -1.98. The van der Waals surface area contributed by atoms with Crippen LogP contribution in [-0.4, -0.2) is 6.61 Å². The molecule has 68 valence electrons.